The van der Waals surface area contributed by atoms with E-state index in [1.54, 1.807) is 0 Å². The maximum absolute atomic E-state index is 12.9. The molecule has 12 heteroatoms. The third kappa shape index (κ3) is 58.8. The van der Waals surface area contributed by atoms with Gasteiger partial charge >= 0.3 is 25.7 Å². The molecule has 0 aliphatic rings. The van der Waals surface area contributed by atoms with E-state index < -0.39 is 57.8 Å². The van der Waals surface area contributed by atoms with Crippen LogP contribution < -0.4 is 0 Å². The average molecular weight is 1140 g/mol. The lowest BCUT2D eigenvalue weighted by Gasteiger charge is -2.21. The van der Waals surface area contributed by atoms with Crippen LogP contribution in [0.2, 0.25) is 0 Å². The number of phosphoric ester groups is 1. The molecule has 0 aromatic heterocycles. The summed E-state index contributed by atoms with van der Waals surface area (Å²) in [6.45, 7) is 4.37. The largest absolute Gasteiger partial charge is 0.472 e. The SMILES string of the molecule is CC/C=C\C/C=C\C/C=C\C/C=C\C/C=C\CCCCCC(=O)OC(COC(=O)CCCCCCCCCCC/C=C\CCCCCCCC)COP(=O)(O)OCC(CO)OC(=O)CCCCCCC/C=C\C/C=C\C/C=C\CC. The molecule has 3 unspecified atom stereocenters. The monoisotopic (exact) mass is 1140 g/mol. The van der Waals surface area contributed by atoms with Crippen LogP contribution in [-0.2, 0) is 42.2 Å². The quantitative estimate of drug-likeness (QED) is 0.0197. The molecule has 0 aromatic rings. The minimum absolute atomic E-state index is 0.122. The van der Waals surface area contributed by atoms with Crippen molar-refractivity contribution in [3.05, 3.63) is 109 Å². The van der Waals surface area contributed by atoms with Gasteiger partial charge in [-0.05, 0) is 122 Å². The molecule has 0 saturated heterocycles. The Morgan fingerprint density at radius 1 is 0.362 bits per heavy atom. The second kappa shape index (κ2) is 61.2. The number of carbonyl (C=O) groups excluding carboxylic acids is 3. The highest BCUT2D eigenvalue weighted by atomic mass is 31.2. The number of hydrogen-bond donors (Lipinski definition) is 2. The van der Waals surface area contributed by atoms with E-state index in [0.29, 0.717) is 19.3 Å². The van der Waals surface area contributed by atoms with Gasteiger partial charge in [-0.1, -0.05) is 233 Å². The van der Waals surface area contributed by atoms with Crippen LogP contribution in [0.5, 0.6) is 0 Å². The molecule has 0 spiro atoms. The molecule has 0 saturated carbocycles. The summed E-state index contributed by atoms with van der Waals surface area (Å²) in [7, 11) is -4.77. The van der Waals surface area contributed by atoms with Crippen LogP contribution >= 0.6 is 7.82 Å². The van der Waals surface area contributed by atoms with Crippen LogP contribution in [0.3, 0.4) is 0 Å². The average Bonchev–Trinajstić information content (AvgIpc) is 3.45. The molecule has 0 amide bonds. The van der Waals surface area contributed by atoms with Crippen molar-refractivity contribution in [1.29, 1.82) is 0 Å². The molecule has 80 heavy (non-hydrogen) atoms. The van der Waals surface area contributed by atoms with Crippen LogP contribution in [0.15, 0.2) is 109 Å². The standard InChI is InChI=1S/C68H115O11P/c1-4-7-10-13-16-19-22-25-28-30-32-34-37-39-42-45-48-51-54-57-66(70)75-61-65(79-68(72)59-56-53-50-47-44-41-38-35-33-31-29-26-23-20-17-14-11-8-5-2)63-77-80(73,74)76-62-64(60-69)78-67(71)58-55-52-49-46-43-40-36-27-24-21-18-15-12-9-6-3/h8-9,11-12,17-18,20-21,25-29,33,35-36,41,44,64-65,69H,4-7,10,13-16,19,22-24,30-32,34,37-40,42-43,45-63H2,1-3H3,(H,73,74)/b11-8-,12-9-,20-17-,21-18-,28-25-,29-26-,35-33-,36-27-,44-41-. The molecule has 0 aliphatic heterocycles. The smallest absolute Gasteiger partial charge is 0.462 e. The van der Waals surface area contributed by atoms with Gasteiger partial charge in [0.15, 0.2) is 6.10 Å². The lowest BCUT2D eigenvalue weighted by atomic mass is 10.1. The second-order valence-electron chi connectivity index (χ2n) is 20.8. The van der Waals surface area contributed by atoms with Gasteiger partial charge in [-0.25, -0.2) is 4.57 Å². The van der Waals surface area contributed by atoms with Gasteiger partial charge in [0, 0.05) is 19.3 Å². The van der Waals surface area contributed by atoms with Crippen molar-refractivity contribution in [2.24, 2.45) is 0 Å². The zero-order valence-electron chi connectivity index (χ0n) is 50.8. The topological polar surface area (TPSA) is 155 Å². The van der Waals surface area contributed by atoms with Gasteiger partial charge in [-0.2, -0.15) is 0 Å². The van der Waals surface area contributed by atoms with Gasteiger partial charge in [0.2, 0.25) is 0 Å². The number of esters is 3. The number of carbonyl (C=O) groups is 3. The lowest BCUT2D eigenvalue weighted by Crippen LogP contribution is -2.30. The first-order valence-corrected chi connectivity index (χ1v) is 33.3. The summed E-state index contributed by atoms with van der Waals surface area (Å²) < 4.78 is 39.6. The predicted molar refractivity (Wildman–Crippen MR) is 334 cm³/mol. The highest BCUT2D eigenvalue weighted by Gasteiger charge is 2.28. The van der Waals surface area contributed by atoms with Crippen LogP contribution in [0, 0.1) is 0 Å². The normalized spacial score (nSPS) is 14.0. The molecule has 11 nitrogen and oxygen atoms in total. The Bertz CT molecular complexity index is 1760. The molecule has 2 N–H and O–H groups in total. The van der Waals surface area contributed by atoms with Crippen LogP contribution in [0.4, 0.5) is 0 Å². The number of phosphoric acid groups is 1. The van der Waals surface area contributed by atoms with Gasteiger partial charge in [-0.15, -0.1) is 0 Å². The number of aliphatic hydroxyl groups excluding tert-OH is 1. The summed E-state index contributed by atoms with van der Waals surface area (Å²) in [5.41, 5.74) is 0. The maximum Gasteiger partial charge on any atom is 0.472 e. The summed E-state index contributed by atoms with van der Waals surface area (Å²) in [5, 5.41) is 9.84. The van der Waals surface area contributed by atoms with Crippen LogP contribution in [0.25, 0.3) is 0 Å². The summed E-state index contributed by atoms with van der Waals surface area (Å²) >= 11 is 0. The van der Waals surface area contributed by atoms with Crippen molar-refractivity contribution < 1.29 is 52.2 Å². The summed E-state index contributed by atoms with van der Waals surface area (Å²) in [6.07, 6.45) is 74.7. The fourth-order valence-corrected chi connectivity index (χ4v) is 9.18. The van der Waals surface area contributed by atoms with E-state index in [1.807, 2.05) is 0 Å². The zero-order valence-corrected chi connectivity index (χ0v) is 51.7. The van der Waals surface area contributed by atoms with Crippen molar-refractivity contribution in [1.82, 2.24) is 0 Å². The number of hydrogen-bond acceptors (Lipinski definition) is 10. The molecule has 0 heterocycles. The molecule has 458 valence electrons. The van der Waals surface area contributed by atoms with Crippen LogP contribution in [-0.4, -0.2) is 66.5 Å². The lowest BCUT2D eigenvalue weighted by molar-refractivity contribution is -0.161. The maximum atomic E-state index is 12.9. The van der Waals surface area contributed by atoms with Crippen molar-refractivity contribution in [2.45, 2.75) is 277 Å². The number of aliphatic hydroxyl groups is 1. The van der Waals surface area contributed by atoms with Crippen molar-refractivity contribution >= 4 is 25.7 Å². The van der Waals surface area contributed by atoms with Crippen molar-refractivity contribution in [3.63, 3.8) is 0 Å². The summed E-state index contributed by atoms with van der Waals surface area (Å²) in [6, 6.07) is 0. The Kier molecular flexibility index (Phi) is 58.3. The highest BCUT2D eigenvalue weighted by molar-refractivity contribution is 7.47. The van der Waals surface area contributed by atoms with E-state index in [0.717, 1.165) is 122 Å². The number of unbranched alkanes of at least 4 members (excludes halogenated alkanes) is 23. The Morgan fingerprint density at radius 3 is 1.02 bits per heavy atom. The minimum Gasteiger partial charge on any atom is -0.462 e. The van der Waals surface area contributed by atoms with Gasteiger partial charge < -0.3 is 24.2 Å². The van der Waals surface area contributed by atoms with Crippen molar-refractivity contribution in [2.75, 3.05) is 26.4 Å². The Labute approximate surface area is 488 Å². The first kappa shape index (κ1) is 76.1. The second-order valence-corrected chi connectivity index (χ2v) is 22.3. The molecular formula is C68H115O11P. The Balaban J connectivity index is 4.79. The Hall–Kier alpha value is -3.86. The molecule has 0 radical (unpaired) electrons. The van der Waals surface area contributed by atoms with E-state index in [4.69, 9.17) is 23.3 Å². The van der Waals surface area contributed by atoms with E-state index in [9.17, 15) is 28.9 Å². The number of allylic oxidation sites excluding steroid dienone is 18. The van der Waals surface area contributed by atoms with E-state index >= 15 is 0 Å². The molecular weight excluding hydrogens is 1020 g/mol. The van der Waals surface area contributed by atoms with Gasteiger partial charge in [0.25, 0.3) is 0 Å². The minimum atomic E-state index is -4.77. The van der Waals surface area contributed by atoms with Crippen LogP contribution in [0.1, 0.15) is 265 Å². The third-order valence-electron chi connectivity index (χ3n) is 13.2. The highest BCUT2D eigenvalue weighted by Crippen LogP contribution is 2.43. The molecule has 3 atom stereocenters. The molecule has 0 aliphatic carbocycles. The van der Waals surface area contributed by atoms with E-state index in [-0.39, 0.29) is 25.9 Å². The van der Waals surface area contributed by atoms with E-state index in [2.05, 4.69) is 130 Å². The summed E-state index contributed by atoms with van der Waals surface area (Å²) in [4.78, 5) is 48.7. The fourth-order valence-electron chi connectivity index (χ4n) is 8.39. The van der Waals surface area contributed by atoms with E-state index in [1.165, 1.54) is 83.5 Å². The zero-order chi connectivity index (χ0) is 58.3. The molecule has 0 rings (SSSR count). The Morgan fingerprint density at radius 2 is 0.650 bits per heavy atom. The first-order valence-electron chi connectivity index (χ1n) is 31.8. The third-order valence-corrected chi connectivity index (χ3v) is 14.1. The summed E-state index contributed by atoms with van der Waals surface area (Å²) in [5.74, 6) is -1.52. The fraction of sp³-hybridized carbons (Fsp3) is 0.691. The predicted octanol–water partition coefficient (Wildman–Crippen LogP) is 19.4. The van der Waals surface area contributed by atoms with Gasteiger partial charge in [-0.3, -0.25) is 23.4 Å². The molecule has 0 fully saturated rings. The van der Waals surface area contributed by atoms with Gasteiger partial charge in [0.1, 0.15) is 12.7 Å². The number of rotatable bonds is 58. The molecule has 0 bridgehead atoms. The molecule has 0 aromatic carbocycles. The first-order chi connectivity index (χ1) is 39.2. The van der Waals surface area contributed by atoms with Crippen molar-refractivity contribution in [3.8, 4) is 0 Å². The van der Waals surface area contributed by atoms with Gasteiger partial charge in [0.05, 0.1) is 19.8 Å². The number of ether oxygens (including phenoxy) is 3.